The van der Waals surface area contributed by atoms with Crippen molar-refractivity contribution >= 4 is 28.8 Å². The quantitative estimate of drug-likeness (QED) is 0.647. The number of pyridine rings is 1. The van der Waals surface area contributed by atoms with E-state index in [-0.39, 0.29) is 11.0 Å². The number of hydrogen-bond donors (Lipinski definition) is 2. The van der Waals surface area contributed by atoms with Crippen molar-refractivity contribution in [1.82, 2.24) is 14.5 Å². The van der Waals surface area contributed by atoms with Gasteiger partial charge in [0, 0.05) is 12.7 Å². The van der Waals surface area contributed by atoms with E-state index in [0.717, 1.165) is 0 Å². The van der Waals surface area contributed by atoms with E-state index in [1.54, 1.807) is 6.26 Å². The van der Waals surface area contributed by atoms with Gasteiger partial charge in [-0.1, -0.05) is 18.7 Å². The van der Waals surface area contributed by atoms with E-state index in [1.807, 2.05) is 6.92 Å². The van der Waals surface area contributed by atoms with Crippen molar-refractivity contribution in [2.24, 2.45) is 0 Å². The normalized spacial score (nSPS) is 10.9. The number of carboxylic acids is 1. The van der Waals surface area contributed by atoms with E-state index < -0.39 is 22.8 Å². The number of nitrogens with zero attached hydrogens (tertiary/aromatic N) is 3. The van der Waals surface area contributed by atoms with Crippen molar-refractivity contribution in [3.05, 3.63) is 22.1 Å². The standard InChI is InChI=1S/C12H13N3O4S/c1-3-4-15-9-6(5-13-12(14-9)20-2)8(16)7(10(15)17)11(18)19/h5,16H,3-4H2,1-2H3,(H,18,19). The summed E-state index contributed by atoms with van der Waals surface area (Å²) in [6.07, 6.45) is 3.76. The number of carboxylic acid groups (broad SMARTS) is 1. The third-order valence-electron chi connectivity index (χ3n) is 2.80. The number of fused-ring (bicyclic) bond motifs is 1. The fourth-order valence-electron chi connectivity index (χ4n) is 1.92. The van der Waals surface area contributed by atoms with Gasteiger partial charge in [0.1, 0.15) is 5.75 Å². The number of rotatable bonds is 4. The predicted octanol–water partition coefficient (Wildman–Crippen LogP) is 1.33. The summed E-state index contributed by atoms with van der Waals surface area (Å²) in [4.78, 5) is 31.5. The molecule has 0 aliphatic carbocycles. The summed E-state index contributed by atoms with van der Waals surface area (Å²) in [6, 6.07) is 0. The minimum atomic E-state index is -1.46. The summed E-state index contributed by atoms with van der Waals surface area (Å²) in [6.45, 7) is 2.18. The first-order valence-corrected chi connectivity index (χ1v) is 7.13. The molecule has 0 spiro atoms. The van der Waals surface area contributed by atoms with Gasteiger partial charge >= 0.3 is 5.97 Å². The average molecular weight is 295 g/mol. The Kier molecular flexibility index (Phi) is 3.93. The number of carbonyl (C=O) groups is 1. The summed E-state index contributed by atoms with van der Waals surface area (Å²) in [5, 5.41) is 19.7. The zero-order chi connectivity index (χ0) is 14.9. The van der Waals surface area contributed by atoms with Crippen LogP contribution in [0.2, 0.25) is 0 Å². The molecule has 106 valence electrons. The minimum Gasteiger partial charge on any atom is -0.506 e. The molecule has 2 heterocycles. The van der Waals surface area contributed by atoms with Crippen LogP contribution in [0.3, 0.4) is 0 Å². The monoisotopic (exact) mass is 295 g/mol. The lowest BCUT2D eigenvalue weighted by Crippen LogP contribution is -2.27. The van der Waals surface area contributed by atoms with E-state index in [1.165, 1.54) is 22.5 Å². The Labute approximate surface area is 118 Å². The number of aromatic carboxylic acids is 1. The van der Waals surface area contributed by atoms with Gasteiger partial charge in [-0.15, -0.1) is 0 Å². The second-order valence-electron chi connectivity index (χ2n) is 4.08. The van der Waals surface area contributed by atoms with Crippen LogP contribution in [0.5, 0.6) is 5.75 Å². The van der Waals surface area contributed by atoms with Gasteiger partial charge in [-0.05, 0) is 12.7 Å². The fraction of sp³-hybridized carbons (Fsp3) is 0.333. The third-order valence-corrected chi connectivity index (χ3v) is 3.36. The van der Waals surface area contributed by atoms with E-state index in [0.29, 0.717) is 18.1 Å². The Hall–Kier alpha value is -2.09. The molecule has 7 nitrogen and oxygen atoms in total. The Morgan fingerprint density at radius 2 is 2.20 bits per heavy atom. The van der Waals surface area contributed by atoms with E-state index in [4.69, 9.17) is 5.11 Å². The molecule has 0 saturated heterocycles. The molecule has 0 aromatic carbocycles. The highest BCUT2D eigenvalue weighted by Gasteiger charge is 2.22. The summed E-state index contributed by atoms with van der Waals surface area (Å²) in [5.74, 6) is -2.05. The van der Waals surface area contributed by atoms with Crippen LogP contribution in [-0.4, -0.2) is 37.0 Å². The number of hydrogen-bond acceptors (Lipinski definition) is 6. The van der Waals surface area contributed by atoms with Crippen LogP contribution in [-0.2, 0) is 6.54 Å². The molecule has 2 N–H and O–H groups in total. The van der Waals surface area contributed by atoms with Gasteiger partial charge in [0.05, 0.1) is 5.39 Å². The van der Waals surface area contributed by atoms with E-state index in [9.17, 15) is 14.7 Å². The maximum absolute atomic E-state index is 12.2. The Balaban J connectivity index is 2.95. The first-order chi connectivity index (χ1) is 9.51. The van der Waals surface area contributed by atoms with Crippen molar-refractivity contribution in [3.63, 3.8) is 0 Å². The highest BCUT2D eigenvalue weighted by molar-refractivity contribution is 7.98. The fourth-order valence-corrected chi connectivity index (χ4v) is 2.26. The summed E-state index contributed by atoms with van der Waals surface area (Å²) in [7, 11) is 0. The zero-order valence-corrected chi connectivity index (χ0v) is 11.8. The summed E-state index contributed by atoms with van der Waals surface area (Å²) in [5.41, 5.74) is -1.15. The van der Waals surface area contributed by atoms with Gasteiger partial charge in [0.2, 0.25) is 0 Å². The number of aromatic nitrogens is 3. The largest absolute Gasteiger partial charge is 0.506 e. The number of thioether (sulfide) groups is 1. The van der Waals surface area contributed by atoms with Crippen LogP contribution >= 0.6 is 11.8 Å². The smallest absolute Gasteiger partial charge is 0.345 e. The lowest BCUT2D eigenvalue weighted by molar-refractivity contribution is 0.0691. The molecule has 2 rings (SSSR count). The molecule has 0 bridgehead atoms. The SMILES string of the molecule is CCCn1c(=O)c(C(=O)O)c(O)c2cnc(SC)nc21. The van der Waals surface area contributed by atoms with Gasteiger partial charge in [-0.25, -0.2) is 14.8 Å². The first kappa shape index (κ1) is 14.3. The molecule has 0 radical (unpaired) electrons. The van der Waals surface area contributed by atoms with Crippen LogP contribution < -0.4 is 5.56 Å². The van der Waals surface area contributed by atoms with Gasteiger partial charge in [0.15, 0.2) is 16.4 Å². The van der Waals surface area contributed by atoms with Gasteiger partial charge in [-0.3, -0.25) is 9.36 Å². The van der Waals surface area contributed by atoms with Crippen LogP contribution in [0.25, 0.3) is 11.0 Å². The van der Waals surface area contributed by atoms with Crippen LogP contribution in [0, 0.1) is 0 Å². The summed E-state index contributed by atoms with van der Waals surface area (Å²) < 4.78 is 1.26. The molecule has 0 atom stereocenters. The molecule has 0 amide bonds. The second-order valence-corrected chi connectivity index (χ2v) is 4.85. The molecular weight excluding hydrogens is 282 g/mol. The zero-order valence-electron chi connectivity index (χ0n) is 11.0. The third kappa shape index (κ3) is 2.22. The van der Waals surface area contributed by atoms with Crippen LogP contribution in [0.4, 0.5) is 0 Å². The van der Waals surface area contributed by atoms with Crippen molar-refractivity contribution in [1.29, 1.82) is 0 Å². The Morgan fingerprint density at radius 1 is 1.50 bits per heavy atom. The van der Waals surface area contributed by atoms with E-state index in [2.05, 4.69) is 9.97 Å². The van der Waals surface area contributed by atoms with Gasteiger partial charge < -0.3 is 10.2 Å². The molecule has 2 aromatic heterocycles. The molecule has 0 saturated carbocycles. The maximum Gasteiger partial charge on any atom is 0.345 e. The van der Waals surface area contributed by atoms with Crippen molar-refractivity contribution < 1.29 is 15.0 Å². The van der Waals surface area contributed by atoms with Crippen molar-refractivity contribution in [3.8, 4) is 5.75 Å². The van der Waals surface area contributed by atoms with Crippen LogP contribution in [0.1, 0.15) is 23.7 Å². The molecule has 0 fully saturated rings. The maximum atomic E-state index is 12.2. The highest BCUT2D eigenvalue weighted by atomic mass is 32.2. The highest BCUT2D eigenvalue weighted by Crippen LogP contribution is 2.26. The number of aromatic hydroxyl groups is 1. The molecule has 2 aromatic rings. The first-order valence-electron chi connectivity index (χ1n) is 5.91. The van der Waals surface area contributed by atoms with Gasteiger partial charge in [-0.2, -0.15) is 0 Å². The topological polar surface area (TPSA) is 105 Å². The number of aryl methyl sites for hydroxylation is 1. The molecule has 0 aliphatic heterocycles. The Morgan fingerprint density at radius 3 is 2.75 bits per heavy atom. The van der Waals surface area contributed by atoms with Crippen LogP contribution in [0.15, 0.2) is 16.1 Å². The molecule has 8 heteroatoms. The Bertz CT molecular complexity index is 742. The predicted molar refractivity (Wildman–Crippen MR) is 74.5 cm³/mol. The molecular formula is C12H13N3O4S. The molecule has 20 heavy (non-hydrogen) atoms. The second kappa shape index (κ2) is 5.49. The molecule has 0 aliphatic rings. The lowest BCUT2D eigenvalue weighted by atomic mass is 10.2. The van der Waals surface area contributed by atoms with E-state index >= 15 is 0 Å². The average Bonchev–Trinajstić information content (AvgIpc) is 2.42. The lowest BCUT2D eigenvalue weighted by Gasteiger charge is -2.12. The summed E-state index contributed by atoms with van der Waals surface area (Å²) >= 11 is 1.30. The minimum absolute atomic E-state index is 0.160. The molecule has 0 unspecified atom stereocenters. The van der Waals surface area contributed by atoms with Crippen molar-refractivity contribution in [2.75, 3.05) is 6.26 Å². The van der Waals surface area contributed by atoms with Gasteiger partial charge in [0.25, 0.3) is 5.56 Å². The van der Waals surface area contributed by atoms with Crippen molar-refractivity contribution in [2.45, 2.75) is 25.0 Å².